The normalized spacial score (nSPS) is 17.7. The van der Waals surface area contributed by atoms with Crippen LogP contribution in [0.3, 0.4) is 0 Å². The number of piperidine rings is 1. The smallest absolute Gasteiger partial charge is 0.387 e. The third-order valence-electron chi connectivity index (χ3n) is 6.54. The lowest BCUT2D eigenvalue weighted by Gasteiger charge is -2.42. The van der Waals surface area contributed by atoms with Gasteiger partial charge in [0.1, 0.15) is 5.54 Å². The summed E-state index contributed by atoms with van der Waals surface area (Å²) in [5.41, 5.74) is -0.291. The molecule has 2 unspecified atom stereocenters. The number of hydrogen-bond acceptors (Lipinski definition) is 6. The lowest BCUT2D eigenvalue weighted by atomic mass is 9.85. The molecule has 1 aliphatic rings. The maximum atomic E-state index is 13.8. The third-order valence-corrected chi connectivity index (χ3v) is 6.77. The highest BCUT2D eigenvalue weighted by molar-refractivity contribution is 6.30. The molecule has 198 valence electrons. The summed E-state index contributed by atoms with van der Waals surface area (Å²) in [7, 11) is 0. The summed E-state index contributed by atoms with van der Waals surface area (Å²) in [6, 6.07) is 5.88. The van der Waals surface area contributed by atoms with Gasteiger partial charge in [-0.2, -0.15) is 13.9 Å². The minimum Gasteiger partial charge on any atom is -0.481 e. The van der Waals surface area contributed by atoms with Crippen molar-refractivity contribution in [1.29, 1.82) is 0 Å². The molecule has 0 saturated carbocycles. The van der Waals surface area contributed by atoms with Crippen molar-refractivity contribution in [3.8, 4) is 5.75 Å². The summed E-state index contributed by atoms with van der Waals surface area (Å²) >= 11 is 5.93. The number of anilines is 1. The molecule has 2 atom stereocenters. The Bertz CT molecular complexity index is 1070. The second kappa shape index (κ2) is 11.5. The van der Waals surface area contributed by atoms with E-state index in [1.807, 2.05) is 24.8 Å². The molecule has 36 heavy (non-hydrogen) atoms. The third kappa shape index (κ3) is 6.13. The number of amides is 1. The fourth-order valence-corrected chi connectivity index (χ4v) is 4.66. The van der Waals surface area contributed by atoms with E-state index in [4.69, 9.17) is 11.6 Å². The van der Waals surface area contributed by atoms with Crippen LogP contribution in [0.2, 0.25) is 5.02 Å². The number of nitrogens with one attached hydrogen (secondary N) is 1. The average molecular weight is 529 g/mol. The van der Waals surface area contributed by atoms with Gasteiger partial charge in [0.2, 0.25) is 0 Å². The number of carboxylic acid groups (broad SMARTS) is 1. The molecule has 9 nitrogen and oxygen atoms in total. The van der Waals surface area contributed by atoms with Crippen molar-refractivity contribution >= 4 is 29.2 Å². The van der Waals surface area contributed by atoms with Gasteiger partial charge in [-0.15, -0.1) is 0 Å². The van der Waals surface area contributed by atoms with Gasteiger partial charge < -0.3 is 25.2 Å². The van der Waals surface area contributed by atoms with Crippen molar-refractivity contribution < 1.29 is 33.3 Å². The Morgan fingerprint density at radius 1 is 1.22 bits per heavy atom. The number of carbonyl (C=O) groups excluding carboxylic acids is 1. The molecule has 12 heteroatoms. The van der Waals surface area contributed by atoms with Gasteiger partial charge in [0.15, 0.2) is 5.75 Å². The highest BCUT2D eigenvalue weighted by Crippen LogP contribution is 2.37. The number of aliphatic carboxylic acids is 1. The number of nitrogens with zero attached hydrogens (tertiary/aromatic N) is 3. The largest absolute Gasteiger partial charge is 0.481 e. The van der Waals surface area contributed by atoms with Crippen molar-refractivity contribution in [2.75, 3.05) is 25.0 Å². The molecule has 2 heterocycles. The van der Waals surface area contributed by atoms with Gasteiger partial charge in [0.25, 0.3) is 5.91 Å². The molecule has 1 aliphatic heterocycles. The first-order chi connectivity index (χ1) is 16.9. The lowest BCUT2D eigenvalue weighted by molar-refractivity contribution is -0.147. The Kier molecular flexibility index (Phi) is 8.91. The highest BCUT2D eigenvalue weighted by atomic mass is 35.5. The number of aliphatic hydroxyl groups excluding tert-OH is 1. The molecular weight excluding hydrogens is 498 g/mol. The van der Waals surface area contributed by atoms with Crippen LogP contribution in [0.4, 0.5) is 14.5 Å². The van der Waals surface area contributed by atoms with Crippen LogP contribution in [0.1, 0.15) is 45.2 Å². The van der Waals surface area contributed by atoms with Crippen LogP contribution in [0.5, 0.6) is 5.75 Å². The van der Waals surface area contributed by atoms with Crippen molar-refractivity contribution in [2.24, 2.45) is 5.92 Å². The van der Waals surface area contributed by atoms with Gasteiger partial charge in [0.05, 0.1) is 17.7 Å². The topological polar surface area (TPSA) is 117 Å². The Labute approximate surface area is 213 Å². The maximum absolute atomic E-state index is 13.8. The zero-order valence-corrected chi connectivity index (χ0v) is 21.1. The summed E-state index contributed by atoms with van der Waals surface area (Å²) in [4.78, 5) is 27.3. The van der Waals surface area contributed by atoms with Gasteiger partial charge >= 0.3 is 12.6 Å². The fraction of sp³-hybridized carbons (Fsp3) is 0.542. The van der Waals surface area contributed by atoms with Crippen molar-refractivity contribution in [2.45, 2.75) is 57.8 Å². The number of likely N-dealkylation sites (tertiary alicyclic amines) is 1. The van der Waals surface area contributed by atoms with E-state index < -0.39 is 36.0 Å². The number of hydrogen-bond donors (Lipinski definition) is 3. The molecule has 1 aromatic carbocycles. The van der Waals surface area contributed by atoms with Gasteiger partial charge in [0, 0.05) is 42.6 Å². The zero-order valence-electron chi connectivity index (χ0n) is 20.3. The number of carboxylic acids is 1. The number of alkyl halides is 2. The van der Waals surface area contributed by atoms with E-state index in [0.717, 1.165) is 5.69 Å². The zero-order chi connectivity index (χ0) is 26.6. The van der Waals surface area contributed by atoms with Crippen LogP contribution in [0.25, 0.3) is 0 Å². The van der Waals surface area contributed by atoms with Gasteiger partial charge in [-0.1, -0.05) is 25.4 Å². The first-order valence-corrected chi connectivity index (χ1v) is 12.1. The molecule has 3 rings (SSSR count). The Hall–Kier alpha value is -2.76. The predicted molar refractivity (Wildman–Crippen MR) is 129 cm³/mol. The van der Waals surface area contributed by atoms with Crippen LogP contribution >= 0.6 is 11.6 Å². The number of benzene rings is 1. The van der Waals surface area contributed by atoms with E-state index in [2.05, 4.69) is 15.2 Å². The average Bonchev–Trinajstić information content (AvgIpc) is 3.29. The molecule has 3 N–H and O–H groups in total. The fourth-order valence-electron chi connectivity index (χ4n) is 4.50. The predicted octanol–water partition coefficient (Wildman–Crippen LogP) is 3.77. The van der Waals surface area contributed by atoms with Gasteiger partial charge in [-0.25, -0.2) is 0 Å². The number of aliphatic hydroxyl groups is 1. The van der Waals surface area contributed by atoms with E-state index in [9.17, 15) is 28.6 Å². The maximum Gasteiger partial charge on any atom is 0.387 e. The van der Waals surface area contributed by atoms with Crippen LogP contribution in [-0.2, 0) is 15.1 Å². The van der Waals surface area contributed by atoms with E-state index in [-0.39, 0.29) is 41.8 Å². The molecule has 0 aliphatic carbocycles. The Morgan fingerprint density at radius 2 is 1.89 bits per heavy atom. The second-order valence-electron chi connectivity index (χ2n) is 9.31. The van der Waals surface area contributed by atoms with E-state index in [0.29, 0.717) is 13.1 Å². The first kappa shape index (κ1) is 27.8. The van der Waals surface area contributed by atoms with Gasteiger partial charge in [-0.3, -0.25) is 14.3 Å². The molecule has 2 aromatic rings. The summed E-state index contributed by atoms with van der Waals surface area (Å²) in [5, 5.41) is 26.7. The molecule has 1 saturated heterocycles. The van der Waals surface area contributed by atoms with Crippen LogP contribution < -0.4 is 10.1 Å². The minimum absolute atomic E-state index is 0.0461. The van der Waals surface area contributed by atoms with E-state index in [1.54, 1.807) is 10.9 Å². The number of ether oxygens (including phenoxy) is 1. The van der Waals surface area contributed by atoms with Crippen molar-refractivity contribution in [3.05, 3.63) is 41.2 Å². The molecular formula is C24H31ClF2N4O5. The summed E-state index contributed by atoms with van der Waals surface area (Å²) < 4.78 is 32.2. The SMILES string of the molecule is CC(C)c1ccnn1C1(C(=O)Nc2ccc(Cl)cc2OC(F)F)CCN(CC(C(=O)O)C(C)O)CC1. The van der Waals surface area contributed by atoms with Crippen LogP contribution in [0, 0.1) is 5.92 Å². The number of rotatable bonds is 10. The molecule has 0 radical (unpaired) electrons. The number of carbonyl (C=O) groups is 2. The molecule has 0 spiro atoms. The molecule has 1 aromatic heterocycles. The second-order valence-corrected chi connectivity index (χ2v) is 9.75. The minimum atomic E-state index is -3.11. The summed E-state index contributed by atoms with van der Waals surface area (Å²) in [6.45, 7) is 3.13. The number of aromatic nitrogens is 2. The molecule has 1 amide bonds. The molecule has 1 fully saturated rings. The quantitative estimate of drug-likeness (QED) is 0.429. The van der Waals surface area contributed by atoms with Gasteiger partial charge in [-0.05, 0) is 43.9 Å². The van der Waals surface area contributed by atoms with E-state index >= 15 is 0 Å². The highest BCUT2D eigenvalue weighted by Gasteiger charge is 2.46. The van der Waals surface area contributed by atoms with Crippen molar-refractivity contribution in [3.63, 3.8) is 0 Å². The van der Waals surface area contributed by atoms with Crippen molar-refractivity contribution in [1.82, 2.24) is 14.7 Å². The van der Waals surface area contributed by atoms with Crippen LogP contribution in [0.15, 0.2) is 30.5 Å². The first-order valence-electron chi connectivity index (χ1n) is 11.7. The van der Waals surface area contributed by atoms with E-state index in [1.165, 1.54) is 25.1 Å². The lowest BCUT2D eigenvalue weighted by Crippen LogP contribution is -2.55. The van der Waals surface area contributed by atoms with Crippen LogP contribution in [-0.4, -0.2) is 69.1 Å². The summed E-state index contributed by atoms with van der Waals surface area (Å²) in [6.07, 6.45) is 1.14. The Morgan fingerprint density at radius 3 is 2.44 bits per heavy atom. The standard InChI is InChI=1S/C24H31ClF2N4O5/c1-14(2)19-6-9-28-31(19)24(7-10-30(11-8-24)13-17(15(3)32)21(33)34)22(35)29-18-5-4-16(25)12-20(18)36-23(26)27/h4-6,9,12,14-15,17,23,32H,7-8,10-11,13H2,1-3H3,(H,29,35)(H,33,34). The Balaban J connectivity index is 1.92. The monoisotopic (exact) mass is 528 g/mol. The number of halogens is 3. The molecule has 0 bridgehead atoms. The summed E-state index contributed by atoms with van der Waals surface area (Å²) in [5.74, 6) is -2.73.